The van der Waals surface area contributed by atoms with E-state index in [0.717, 1.165) is 5.75 Å². The van der Waals surface area contributed by atoms with Crippen LogP contribution in [0, 0.1) is 12.8 Å². The molecule has 1 aromatic heterocycles. The summed E-state index contributed by atoms with van der Waals surface area (Å²) in [5.41, 5.74) is 1.60. The van der Waals surface area contributed by atoms with E-state index in [0.29, 0.717) is 29.5 Å². The Morgan fingerprint density at radius 1 is 1.03 bits per heavy atom. The first-order chi connectivity index (χ1) is 14.7. The number of aromatic nitrogens is 1. The highest BCUT2D eigenvalue weighted by Crippen LogP contribution is 2.20. The fourth-order valence-corrected chi connectivity index (χ4v) is 3.54. The Hall–Kier alpha value is -3.53. The molecule has 10 heteroatoms. The van der Waals surface area contributed by atoms with Crippen LogP contribution in [0.5, 0.6) is 5.75 Å². The summed E-state index contributed by atoms with van der Waals surface area (Å²) in [6.45, 7) is 6.42. The van der Waals surface area contributed by atoms with Crippen LogP contribution < -0.4 is 20.1 Å². The van der Waals surface area contributed by atoms with Crippen molar-refractivity contribution in [2.45, 2.75) is 25.7 Å². The molecule has 2 amide bonds. The minimum Gasteiger partial charge on any atom is -0.493 e. The summed E-state index contributed by atoms with van der Waals surface area (Å²) in [5.74, 6) is 1.28. The summed E-state index contributed by atoms with van der Waals surface area (Å²) in [6.07, 6.45) is 1.34. The molecule has 31 heavy (non-hydrogen) atoms. The van der Waals surface area contributed by atoms with Gasteiger partial charge in [-0.2, -0.15) is 0 Å². The summed E-state index contributed by atoms with van der Waals surface area (Å²) in [5, 5.41) is 8.97. The number of sulfonamides is 1. The van der Waals surface area contributed by atoms with Gasteiger partial charge in [0, 0.05) is 16.9 Å². The van der Waals surface area contributed by atoms with E-state index >= 15 is 0 Å². The molecular weight excluding hydrogens is 420 g/mol. The number of ether oxygens (including phenoxy) is 1. The highest BCUT2D eigenvalue weighted by molar-refractivity contribution is 7.92. The number of amides is 2. The van der Waals surface area contributed by atoms with E-state index < -0.39 is 16.1 Å². The average Bonchev–Trinajstić information content (AvgIpc) is 3.11. The van der Waals surface area contributed by atoms with Gasteiger partial charge in [0.1, 0.15) is 12.0 Å². The Labute approximate surface area is 180 Å². The van der Waals surface area contributed by atoms with Crippen molar-refractivity contribution in [2.24, 2.45) is 5.92 Å². The number of nitrogens with one attached hydrogen (secondary N) is 3. The van der Waals surface area contributed by atoms with Crippen LogP contribution in [0.15, 0.2) is 64.2 Å². The fourth-order valence-electron chi connectivity index (χ4n) is 2.48. The van der Waals surface area contributed by atoms with Crippen molar-refractivity contribution in [1.82, 2.24) is 5.16 Å². The number of carbonyl (C=O) groups excluding carboxylic acids is 1. The van der Waals surface area contributed by atoms with Crippen LogP contribution >= 0.6 is 0 Å². The van der Waals surface area contributed by atoms with Crippen molar-refractivity contribution < 1.29 is 22.5 Å². The zero-order valence-corrected chi connectivity index (χ0v) is 18.2. The minimum absolute atomic E-state index is 0.0258. The predicted octanol–water partition coefficient (Wildman–Crippen LogP) is 4.46. The van der Waals surface area contributed by atoms with Gasteiger partial charge in [0.25, 0.3) is 10.0 Å². The smallest absolute Gasteiger partial charge is 0.323 e. The van der Waals surface area contributed by atoms with Crippen LogP contribution in [-0.4, -0.2) is 26.2 Å². The summed E-state index contributed by atoms with van der Waals surface area (Å²) >= 11 is 0. The summed E-state index contributed by atoms with van der Waals surface area (Å²) in [7, 11) is -3.83. The second kappa shape index (κ2) is 9.52. The molecule has 3 rings (SSSR count). The van der Waals surface area contributed by atoms with Gasteiger partial charge in [-0.3, -0.25) is 4.72 Å². The molecule has 0 aliphatic carbocycles. The highest BCUT2D eigenvalue weighted by atomic mass is 32.2. The molecule has 3 N–H and O–H groups in total. The van der Waals surface area contributed by atoms with E-state index in [1.807, 2.05) is 0 Å². The molecule has 0 aliphatic rings. The number of urea groups is 1. The lowest BCUT2D eigenvalue weighted by atomic mass is 10.2. The molecule has 164 valence electrons. The van der Waals surface area contributed by atoms with E-state index in [4.69, 9.17) is 9.26 Å². The lowest BCUT2D eigenvalue weighted by molar-refractivity contribution is 0.262. The topological polar surface area (TPSA) is 123 Å². The van der Waals surface area contributed by atoms with E-state index in [2.05, 4.69) is 34.4 Å². The first-order valence-electron chi connectivity index (χ1n) is 9.57. The molecule has 0 saturated carbocycles. The Kier molecular flexibility index (Phi) is 6.81. The van der Waals surface area contributed by atoms with Gasteiger partial charge in [0.05, 0.1) is 11.5 Å². The van der Waals surface area contributed by atoms with Gasteiger partial charge in [0.15, 0.2) is 5.82 Å². The normalized spacial score (nSPS) is 11.2. The van der Waals surface area contributed by atoms with Crippen LogP contribution in [0.4, 0.5) is 22.0 Å². The van der Waals surface area contributed by atoms with Crippen LogP contribution in [0.25, 0.3) is 0 Å². The monoisotopic (exact) mass is 444 g/mol. The third-order valence-corrected chi connectivity index (χ3v) is 5.45. The van der Waals surface area contributed by atoms with Crippen molar-refractivity contribution in [3.8, 4) is 5.75 Å². The summed E-state index contributed by atoms with van der Waals surface area (Å²) in [4.78, 5) is 12.2. The Morgan fingerprint density at radius 3 is 2.13 bits per heavy atom. The number of anilines is 3. The number of carbonyl (C=O) groups is 1. The second-order valence-corrected chi connectivity index (χ2v) is 8.97. The SMILES string of the molecule is Cc1conc1NS(=O)(=O)c1ccc(NC(=O)Nc2ccc(OCC(C)C)cc2)cc1. The van der Waals surface area contributed by atoms with Crippen molar-refractivity contribution in [3.63, 3.8) is 0 Å². The van der Waals surface area contributed by atoms with E-state index in [9.17, 15) is 13.2 Å². The first-order valence-corrected chi connectivity index (χ1v) is 11.1. The number of rotatable bonds is 8. The van der Waals surface area contributed by atoms with Gasteiger partial charge in [-0.1, -0.05) is 19.0 Å². The van der Waals surface area contributed by atoms with Crippen LogP contribution in [0.1, 0.15) is 19.4 Å². The number of hydrogen-bond acceptors (Lipinski definition) is 6. The van der Waals surface area contributed by atoms with Crippen LogP contribution in [0.3, 0.4) is 0 Å². The maximum atomic E-state index is 12.4. The van der Waals surface area contributed by atoms with E-state index in [1.54, 1.807) is 31.2 Å². The van der Waals surface area contributed by atoms with Crippen LogP contribution in [-0.2, 0) is 10.0 Å². The largest absolute Gasteiger partial charge is 0.493 e. The first kappa shape index (κ1) is 22.2. The maximum absolute atomic E-state index is 12.4. The van der Waals surface area contributed by atoms with E-state index in [1.165, 1.54) is 30.5 Å². The quantitative estimate of drug-likeness (QED) is 0.471. The average molecular weight is 445 g/mol. The van der Waals surface area contributed by atoms with Gasteiger partial charge in [-0.05, 0) is 61.4 Å². The molecule has 0 aliphatic heterocycles. The Balaban J connectivity index is 1.57. The molecule has 1 heterocycles. The lowest BCUT2D eigenvalue weighted by Gasteiger charge is -2.11. The van der Waals surface area contributed by atoms with Crippen molar-refractivity contribution in [2.75, 3.05) is 22.0 Å². The van der Waals surface area contributed by atoms with Crippen molar-refractivity contribution in [3.05, 3.63) is 60.4 Å². The molecule has 3 aromatic rings. The molecule has 0 atom stereocenters. The zero-order chi connectivity index (χ0) is 22.4. The number of hydrogen-bond donors (Lipinski definition) is 3. The number of benzene rings is 2. The highest BCUT2D eigenvalue weighted by Gasteiger charge is 2.17. The van der Waals surface area contributed by atoms with Gasteiger partial charge in [0.2, 0.25) is 0 Å². The number of aryl methyl sites for hydroxylation is 1. The van der Waals surface area contributed by atoms with Crippen molar-refractivity contribution in [1.29, 1.82) is 0 Å². The zero-order valence-electron chi connectivity index (χ0n) is 17.4. The standard InChI is InChI=1S/C21H24N4O5S/c1-14(2)12-29-18-8-4-16(5-9-18)22-21(26)23-17-6-10-19(11-7-17)31(27,28)25-20-15(3)13-30-24-20/h4-11,13-14H,12H2,1-3H3,(H,24,25)(H2,22,23,26). The fraction of sp³-hybridized carbons (Fsp3) is 0.238. The van der Waals surface area contributed by atoms with E-state index in [-0.39, 0.29) is 10.7 Å². The van der Waals surface area contributed by atoms with Crippen LogP contribution in [0.2, 0.25) is 0 Å². The number of nitrogens with zero attached hydrogens (tertiary/aromatic N) is 1. The van der Waals surface area contributed by atoms with Gasteiger partial charge in [-0.15, -0.1) is 0 Å². The molecule has 0 bridgehead atoms. The Morgan fingerprint density at radius 2 is 1.61 bits per heavy atom. The second-order valence-electron chi connectivity index (χ2n) is 7.28. The van der Waals surface area contributed by atoms with Gasteiger partial charge in [-0.25, -0.2) is 13.2 Å². The van der Waals surface area contributed by atoms with Gasteiger partial charge >= 0.3 is 6.03 Å². The summed E-state index contributed by atoms with van der Waals surface area (Å²) < 4.78 is 37.6. The lowest BCUT2D eigenvalue weighted by Crippen LogP contribution is -2.19. The third-order valence-electron chi connectivity index (χ3n) is 4.10. The molecule has 2 aromatic carbocycles. The Bertz CT molecular complexity index is 1120. The van der Waals surface area contributed by atoms with Crippen molar-refractivity contribution >= 4 is 33.2 Å². The molecule has 0 unspecified atom stereocenters. The molecular formula is C21H24N4O5S. The maximum Gasteiger partial charge on any atom is 0.323 e. The molecule has 9 nitrogen and oxygen atoms in total. The third kappa shape index (κ3) is 6.22. The van der Waals surface area contributed by atoms with Gasteiger partial charge < -0.3 is 19.9 Å². The molecule has 0 saturated heterocycles. The molecule has 0 radical (unpaired) electrons. The predicted molar refractivity (Wildman–Crippen MR) is 118 cm³/mol. The molecule has 0 spiro atoms. The summed E-state index contributed by atoms with van der Waals surface area (Å²) in [6, 6.07) is 12.3. The molecule has 0 fully saturated rings. The minimum atomic E-state index is -3.83.